The van der Waals surface area contributed by atoms with Gasteiger partial charge in [-0.2, -0.15) is 0 Å². The number of nitrogens with zero attached hydrogens (tertiary/aromatic N) is 2. The molecule has 1 saturated heterocycles. The first-order valence-electron chi connectivity index (χ1n) is 10.3. The molecule has 158 valence electrons. The highest BCUT2D eigenvalue weighted by Gasteiger charge is 2.40. The number of hydrogen-bond acceptors (Lipinski definition) is 3. The van der Waals surface area contributed by atoms with Crippen LogP contribution < -0.4 is 5.32 Å². The van der Waals surface area contributed by atoms with E-state index in [1.165, 1.54) is 0 Å². The molecule has 3 aromatic rings. The molecule has 2 heterocycles. The third-order valence-corrected chi connectivity index (χ3v) is 6.05. The van der Waals surface area contributed by atoms with Gasteiger partial charge < -0.3 is 10.2 Å². The van der Waals surface area contributed by atoms with Crippen molar-refractivity contribution in [3.8, 4) is 0 Å². The van der Waals surface area contributed by atoms with Crippen LogP contribution in [0.3, 0.4) is 0 Å². The molecule has 4 rings (SSSR count). The number of carbonyl (C=O) groups is 2. The number of hydrogen-bond donors (Lipinski definition) is 1. The number of aryl methyl sites for hydroxylation is 1. The number of pyridine rings is 1. The number of rotatable bonds is 5. The van der Waals surface area contributed by atoms with E-state index in [1.54, 1.807) is 35.4 Å². The molecule has 1 aliphatic rings. The fraction of sp³-hybridized carbons (Fsp3) is 0.240. The highest BCUT2D eigenvalue weighted by molar-refractivity contribution is 6.33. The monoisotopic (exact) mass is 433 g/mol. The van der Waals surface area contributed by atoms with Gasteiger partial charge in [0.15, 0.2) is 0 Å². The summed E-state index contributed by atoms with van der Waals surface area (Å²) < 4.78 is 0. The second-order valence-electron chi connectivity index (χ2n) is 7.85. The molecule has 1 aliphatic heterocycles. The van der Waals surface area contributed by atoms with Gasteiger partial charge in [-0.15, -0.1) is 0 Å². The Morgan fingerprint density at radius 3 is 2.48 bits per heavy atom. The molecule has 2 atom stereocenters. The van der Waals surface area contributed by atoms with E-state index in [2.05, 4.69) is 10.3 Å². The summed E-state index contributed by atoms with van der Waals surface area (Å²) in [6.07, 6.45) is 1.70. The molecule has 0 saturated carbocycles. The predicted molar refractivity (Wildman–Crippen MR) is 121 cm³/mol. The van der Waals surface area contributed by atoms with Gasteiger partial charge in [0.05, 0.1) is 28.7 Å². The highest BCUT2D eigenvalue weighted by Crippen LogP contribution is 2.34. The van der Waals surface area contributed by atoms with E-state index in [0.29, 0.717) is 30.2 Å². The van der Waals surface area contributed by atoms with Crippen LogP contribution in [0.4, 0.5) is 0 Å². The Bertz CT molecular complexity index is 1070. The zero-order valence-corrected chi connectivity index (χ0v) is 18.0. The van der Waals surface area contributed by atoms with Crippen molar-refractivity contribution in [1.29, 1.82) is 0 Å². The van der Waals surface area contributed by atoms with Crippen LogP contribution in [0.2, 0.25) is 5.02 Å². The minimum atomic E-state index is -0.349. The molecule has 5 nitrogen and oxygen atoms in total. The van der Waals surface area contributed by atoms with Crippen molar-refractivity contribution >= 4 is 23.4 Å². The average molecular weight is 434 g/mol. The molecule has 31 heavy (non-hydrogen) atoms. The van der Waals surface area contributed by atoms with Gasteiger partial charge in [0.2, 0.25) is 5.91 Å². The van der Waals surface area contributed by atoms with Gasteiger partial charge in [-0.25, -0.2) is 0 Å². The lowest BCUT2D eigenvalue weighted by Gasteiger charge is -2.18. The third-order valence-electron chi connectivity index (χ3n) is 5.72. The molecule has 0 aliphatic carbocycles. The molecular formula is C25H24ClN3O2. The fourth-order valence-electron chi connectivity index (χ4n) is 4.00. The summed E-state index contributed by atoms with van der Waals surface area (Å²) in [6.45, 7) is 3.20. The summed E-state index contributed by atoms with van der Waals surface area (Å²) >= 11 is 6.25. The number of likely N-dealkylation sites (tertiary alicyclic amines) is 1. The Morgan fingerprint density at radius 2 is 1.77 bits per heavy atom. The fourth-order valence-corrected chi connectivity index (χ4v) is 4.22. The molecule has 0 bridgehead atoms. The lowest BCUT2D eigenvalue weighted by Crippen LogP contribution is -2.35. The third kappa shape index (κ3) is 4.78. The van der Waals surface area contributed by atoms with Crippen LogP contribution in [0.5, 0.6) is 0 Å². The zero-order valence-electron chi connectivity index (χ0n) is 17.3. The molecule has 2 aromatic carbocycles. The van der Waals surface area contributed by atoms with Crippen LogP contribution in [0.15, 0.2) is 72.9 Å². The first-order valence-corrected chi connectivity index (χ1v) is 10.7. The maximum atomic E-state index is 13.1. The minimum absolute atomic E-state index is 0.0781. The first kappa shape index (κ1) is 21.1. The van der Waals surface area contributed by atoms with E-state index in [1.807, 2.05) is 49.4 Å². The molecule has 6 heteroatoms. The van der Waals surface area contributed by atoms with Crippen molar-refractivity contribution in [1.82, 2.24) is 15.2 Å². The maximum Gasteiger partial charge on any atom is 0.255 e. The summed E-state index contributed by atoms with van der Waals surface area (Å²) in [6, 6.07) is 20.8. The van der Waals surface area contributed by atoms with Crippen LogP contribution >= 0.6 is 11.6 Å². The average Bonchev–Trinajstić information content (AvgIpc) is 3.24. The van der Waals surface area contributed by atoms with E-state index >= 15 is 0 Å². The van der Waals surface area contributed by atoms with Crippen LogP contribution in [0, 0.1) is 12.8 Å². The van der Waals surface area contributed by atoms with E-state index in [4.69, 9.17) is 11.6 Å². The molecule has 0 spiro atoms. The number of amides is 2. The van der Waals surface area contributed by atoms with Crippen LogP contribution in [-0.4, -0.2) is 34.8 Å². The number of carbonyl (C=O) groups excluding carboxylic acids is 2. The molecule has 0 radical (unpaired) electrons. The van der Waals surface area contributed by atoms with Crippen LogP contribution in [0.1, 0.15) is 33.1 Å². The Balaban J connectivity index is 1.56. The Kier molecular flexibility index (Phi) is 6.33. The van der Waals surface area contributed by atoms with Gasteiger partial charge in [-0.1, -0.05) is 59.6 Å². The second-order valence-corrected chi connectivity index (χ2v) is 8.26. The standard InChI is InChI=1S/C25H24ClN3O2/c1-17-9-11-18(12-10-17)21-15-29(25(31)20-7-2-3-8-23(20)26)16-22(21)24(30)28-14-19-6-4-5-13-27-19/h2-13,21-22H,14-16H2,1H3,(H,28,30). The van der Waals surface area contributed by atoms with Crippen molar-refractivity contribution in [2.24, 2.45) is 5.92 Å². The zero-order chi connectivity index (χ0) is 21.8. The first-order chi connectivity index (χ1) is 15.0. The van der Waals surface area contributed by atoms with Gasteiger partial charge in [-0.05, 0) is 36.8 Å². The van der Waals surface area contributed by atoms with Crippen LogP contribution in [0.25, 0.3) is 0 Å². The van der Waals surface area contributed by atoms with Gasteiger partial charge in [0.1, 0.15) is 0 Å². The Labute approximate surface area is 187 Å². The quantitative estimate of drug-likeness (QED) is 0.655. The molecule has 1 aromatic heterocycles. The lowest BCUT2D eigenvalue weighted by molar-refractivity contribution is -0.125. The highest BCUT2D eigenvalue weighted by atomic mass is 35.5. The minimum Gasteiger partial charge on any atom is -0.350 e. The number of nitrogens with one attached hydrogen (secondary N) is 1. The van der Waals surface area contributed by atoms with E-state index in [9.17, 15) is 9.59 Å². The summed E-state index contributed by atoms with van der Waals surface area (Å²) in [7, 11) is 0. The number of halogens is 1. The predicted octanol–water partition coefficient (Wildman–Crippen LogP) is 4.22. The lowest BCUT2D eigenvalue weighted by atomic mass is 9.88. The second kappa shape index (κ2) is 9.31. The molecule has 1 N–H and O–H groups in total. The molecule has 2 amide bonds. The molecule has 2 unspecified atom stereocenters. The summed E-state index contributed by atoms with van der Waals surface area (Å²) in [5.41, 5.74) is 3.46. The van der Waals surface area contributed by atoms with Gasteiger partial charge >= 0.3 is 0 Å². The maximum absolute atomic E-state index is 13.1. The molecule has 1 fully saturated rings. The van der Waals surface area contributed by atoms with Crippen molar-refractivity contribution in [3.05, 3.63) is 100 Å². The molecular weight excluding hydrogens is 410 g/mol. The normalized spacial score (nSPS) is 18.1. The topological polar surface area (TPSA) is 62.3 Å². The largest absolute Gasteiger partial charge is 0.350 e. The van der Waals surface area contributed by atoms with Crippen molar-refractivity contribution in [2.45, 2.75) is 19.4 Å². The Morgan fingerprint density at radius 1 is 1.03 bits per heavy atom. The van der Waals surface area contributed by atoms with Gasteiger partial charge in [0, 0.05) is 25.2 Å². The van der Waals surface area contributed by atoms with E-state index in [0.717, 1.165) is 16.8 Å². The van der Waals surface area contributed by atoms with Crippen molar-refractivity contribution in [2.75, 3.05) is 13.1 Å². The smallest absolute Gasteiger partial charge is 0.255 e. The number of benzene rings is 2. The van der Waals surface area contributed by atoms with E-state index in [-0.39, 0.29) is 23.7 Å². The van der Waals surface area contributed by atoms with Crippen molar-refractivity contribution in [3.63, 3.8) is 0 Å². The Hall–Kier alpha value is -3.18. The SMILES string of the molecule is Cc1ccc(C2CN(C(=O)c3ccccc3Cl)CC2C(=O)NCc2ccccn2)cc1. The summed E-state index contributed by atoms with van der Waals surface area (Å²) in [4.78, 5) is 32.3. The van der Waals surface area contributed by atoms with Gasteiger partial charge in [0.25, 0.3) is 5.91 Å². The van der Waals surface area contributed by atoms with Crippen LogP contribution in [-0.2, 0) is 11.3 Å². The number of aromatic nitrogens is 1. The van der Waals surface area contributed by atoms with Crippen molar-refractivity contribution < 1.29 is 9.59 Å². The van der Waals surface area contributed by atoms with E-state index < -0.39 is 0 Å². The van der Waals surface area contributed by atoms with Gasteiger partial charge in [-0.3, -0.25) is 14.6 Å². The summed E-state index contributed by atoms with van der Waals surface area (Å²) in [5.74, 6) is -0.665. The summed E-state index contributed by atoms with van der Waals surface area (Å²) in [5, 5.41) is 3.42.